The zero-order chi connectivity index (χ0) is 8.04. The van der Waals surface area contributed by atoms with Gasteiger partial charge in [-0.1, -0.05) is 0 Å². The zero-order valence-electron chi connectivity index (χ0n) is 6.85. The SMILES string of the molecule is CC(C)(O)CCNCCN. The molecule has 0 rings (SSSR count). The fourth-order valence-corrected chi connectivity index (χ4v) is 0.621. The maximum absolute atomic E-state index is 9.25. The number of nitrogens with two attached hydrogens (primary N) is 1. The normalized spacial score (nSPS) is 12.0. The van der Waals surface area contributed by atoms with Crippen LogP contribution in [0.2, 0.25) is 0 Å². The first-order valence-electron chi connectivity index (χ1n) is 3.69. The van der Waals surface area contributed by atoms with Gasteiger partial charge in [-0.05, 0) is 26.8 Å². The highest BCUT2D eigenvalue weighted by Gasteiger charge is 2.10. The van der Waals surface area contributed by atoms with Gasteiger partial charge >= 0.3 is 0 Å². The minimum atomic E-state index is -0.554. The van der Waals surface area contributed by atoms with Crippen LogP contribution >= 0.6 is 0 Å². The molecule has 0 saturated carbocycles. The fourth-order valence-electron chi connectivity index (χ4n) is 0.621. The zero-order valence-corrected chi connectivity index (χ0v) is 6.85. The number of nitrogens with one attached hydrogen (secondary N) is 1. The summed E-state index contributed by atoms with van der Waals surface area (Å²) >= 11 is 0. The Balaban J connectivity index is 3.04. The molecule has 3 nitrogen and oxygen atoms in total. The van der Waals surface area contributed by atoms with Gasteiger partial charge in [-0.2, -0.15) is 0 Å². The van der Waals surface area contributed by atoms with Crippen molar-refractivity contribution in [2.75, 3.05) is 19.6 Å². The van der Waals surface area contributed by atoms with Crippen LogP contribution in [0.15, 0.2) is 0 Å². The molecule has 0 saturated heterocycles. The monoisotopic (exact) mass is 146 g/mol. The maximum Gasteiger partial charge on any atom is 0.0603 e. The third-order valence-corrected chi connectivity index (χ3v) is 1.23. The van der Waals surface area contributed by atoms with Crippen LogP contribution in [-0.4, -0.2) is 30.3 Å². The lowest BCUT2D eigenvalue weighted by atomic mass is 10.1. The van der Waals surface area contributed by atoms with Gasteiger partial charge in [0.05, 0.1) is 5.60 Å². The Morgan fingerprint density at radius 3 is 2.40 bits per heavy atom. The van der Waals surface area contributed by atoms with Crippen molar-refractivity contribution < 1.29 is 5.11 Å². The van der Waals surface area contributed by atoms with Gasteiger partial charge in [-0.15, -0.1) is 0 Å². The second-order valence-electron chi connectivity index (χ2n) is 3.10. The largest absolute Gasteiger partial charge is 0.390 e. The van der Waals surface area contributed by atoms with Crippen molar-refractivity contribution >= 4 is 0 Å². The van der Waals surface area contributed by atoms with Crippen molar-refractivity contribution in [2.45, 2.75) is 25.9 Å². The molecular formula is C7H18N2O. The highest BCUT2D eigenvalue weighted by atomic mass is 16.3. The Morgan fingerprint density at radius 1 is 1.40 bits per heavy atom. The third-order valence-electron chi connectivity index (χ3n) is 1.23. The van der Waals surface area contributed by atoms with Crippen molar-refractivity contribution in [1.29, 1.82) is 0 Å². The lowest BCUT2D eigenvalue weighted by Gasteiger charge is -2.16. The van der Waals surface area contributed by atoms with Crippen LogP contribution in [0, 0.1) is 0 Å². The van der Waals surface area contributed by atoms with Crippen LogP contribution in [0.4, 0.5) is 0 Å². The van der Waals surface area contributed by atoms with Crippen LogP contribution in [0.25, 0.3) is 0 Å². The Morgan fingerprint density at radius 2 is 2.00 bits per heavy atom. The van der Waals surface area contributed by atoms with E-state index in [4.69, 9.17) is 5.73 Å². The second kappa shape index (κ2) is 4.66. The average molecular weight is 146 g/mol. The van der Waals surface area contributed by atoms with Crippen LogP contribution in [0.5, 0.6) is 0 Å². The topological polar surface area (TPSA) is 58.3 Å². The van der Waals surface area contributed by atoms with Crippen LogP contribution < -0.4 is 11.1 Å². The smallest absolute Gasteiger partial charge is 0.0603 e. The molecule has 0 bridgehead atoms. The maximum atomic E-state index is 9.25. The van der Waals surface area contributed by atoms with Gasteiger partial charge in [0.25, 0.3) is 0 Å². The number of rotatable bonds is 5. The summed E-state index contributed by atoms with van der Waals surface area (Å²) in [6, 6.07) is 0. The second-order valence-corrected chi connectivity index (χ2v) is 3.10. The number of hydrogen-bond acceptors (Lipinski definition) is 3. The predicted octanol–water partition coefficient (Wildman–Crippen LogP) is -0.304. The molecule has 0 atom stereocenters. The fraction of sp³-hybridized carbons (Fsp3) is 1.00. The lowest BCUT2D eigenvalue weighted by molar-refractivity contribution is 0.0713. The van der Waals surface area contributed by atoms with Gasteiger partial charge in [-0.25, -0.2) is 0 Å². The van der Waals surface area contributed by atoms with Gasteiger partial charge in [-0.3, -0.25) is 0 Å². The molecule has 0 aromatic heterocycles. The van der Waals surface area contributed by atoms with Gasteiger partial charge in [0.1, 0.15) is 0 Å². The molecule has 0 heterocycles. The van der Waals surface area contributed by atoms with Crippen molar-refractivity contribution in [2.24, 2.45) is 5.73 Å². The molecule has 0 spiro atoms. The van der Waals surface area contributed by atoms with Gasteiger partial charge in [0.15, 0.2) is 0 Å². The third kappa shape index (κ3) is 7.88. The predicted molar refractivity (Wildman–Crippen MR) is 42.8 cm³/mol. The summed E-state index contributed by atoms with van der Waals surface area (Å²) in [7, 11) is 0. The molecule has 0 aromatic rings. The molecule has 0 amide bonds. The van der Waals surface area contributed by atoms with E-state index in [0.29, 0.717) is 6.54 Å². The summed E-state index contributed by atoms with van der Waals surface area (Å²) < 4.78 is 0. The van der Waals surface area contributed by atoms with E-state index in [-0.39, 0.29) is 0 Å². The average Bonchev–Trinajstić information content (AvgIpc) is 1.78. The molecule has 0 aliphatic rings. The molecule has 62 valence electrons. The van der Waals surface area contributed by atoms with E-state index in [1.54, 1.807) is 13.8 Å². The van der Waals surface area contributed by atoms with E-state index in [1.165, 1.54) is 0 Å². The van der Waals surface area contributed by atoms with E-state index in [2.05, 4.69) is 5.32 Å². The molecule has 0 aromatic carbocycles. The molecular weight excluding hydrogens is 128 g/mol. The first kappa shape index (κ1) is 9.88. The van der Waals surface area contributed by atoms with Crippen molar-refractivity contribution in [3.63, 3.8) is 0 Å². The van der Waals surface area contributed by atoms with Crippen LogP contribution in [0.1, 0.15) is 20.3 Å². The number of hydrogen-bond donors (Lipinski definition) is 3. The molecule has 10 heavy (non-hydrogen) atoms. The van der Waals surface area contributed by atoms with Crippen molar-refractivity contribution in [1.82, 2.24) is 5.32 Å². The lowest BCUT2D eigenvalue weighted by Crippen LogP contribution is -2.29. The van der Waals surface area contributed by atoms with E-state index < -0.39 is 5.60 Å². The van der Waals surface area contributed by atoms with Crippen LogP contribution in [-0.2, 0) is 0 Å². The molecule has 0 aliphatic carbocycles. The van der Waals surface area contributed by atoms with Crippen LogP contribution in [0.3, 0.4) is 0 Å². The highest BCUT2D eigenvalue weighted by Crippen LogP contribution is 2.04. The highest BCUT2D eigenvalue weighted by molar-refractivity contribution is 4.65. The van der Waals surface area contributed by atoms with Gasteiger partial charge < -0.3 is 16.2 Å². The number of aliphatic hydroxyl groups is 1. The summed E-state index contributed by atoms with van der Waals surface area (Å²) in [5.41, 5.74) is 4.70. The van der Waals surface area contributed by atoms with E-state index in [0.717, 1.165) is 19.5 Å². The summed E-state index contributed by atoms with van der Waals surface area (Å²) in [4.78, 5) is 0. The Labute approximate surface area is 62.6 Å². The molecule has 0 fully saturated rings. The summed E-state index contributed by atoms with van der Waals surface area (Å²) in [5, 5.41) is 12.4. The summed E-state index contributed by atoms with van der Waals surface area (Å²) in [6.07, 6.45) is 0.771. The quantitative estimate of drug-likeness (QED) is 0.467. The Kier molecular flexibility index (Phi) is 4.60. The molecule has 0 aliphatic heterocycles. The summed E-state index contributed by atoms with van der Waals surface area (Å²) in [6.45, 7) is 5.93. The molecule has 0 unspecified atom stereocenters. The van der Waals surface area contributed by atoms with Gasteiger partial charge in [0.2, 0.25) is 0 Å². The Bertz CT molecular complexity index is 78.2. The Hall–Kier alpha value is -0.120. The summed E-state index contributed by atoms with van der Waals surface area (Å²) in [5.74, 6) is 0. The minimum absolute atomic E-state index is 0.554. The van der Waals surface area contributed by atoms with E-state index >= 15 is 0 Å². The van der Waals surface area contributed by atoms with E-state index in [9.17, 15) is 5.11 Å². The molecule has 4 N–H and O–H groups in total. The van der Waals surface area contributed by atoms with E-state index in [1.807, 2.05) is 0 Å². The van der Waals surface area contributed by atoms with Gasteiger partial charge in [0, 0.05) is 13.1 Å². The first-order chi connectivity index (χ1) is 4.56. The minimum Gasteiger partial charge on any atom is -0.390 e. The van der Waals surface area contributed by atoms with Crippen molar-refractivity contribution in [3.8, 4) is 0 Å². The van der Waals surface area contributed by atoms with Crippen molar-refractivity contribution in [3.05, 3.63) is 0 Å². The molecule has 0 radical (unpaired) electrons. The standard InChI is InChI=1S/C7H18N2O/c1-7(2,10)3-5-9-6-4-8/h9-10H,3-6,8H2,1-2H3. The first-order valence-corrected chi connectivity index (χ1v) is 3.69. The molecule has 3 heteroatoms.